The van der Waals surface area contributed by atoms with E-state index in [9.17, 15) is 9.59 Å². The molecule has 1 N–H and O–H groups in total. The van der Waals surface area contributed by atoms with Crippen LogP contribution in [0.1, 0.15) is 52.4 Å². The highest BCUT2D eigenvalue weighted by Gasteiger charge is 2.07. The van der Waals surface area contributed by atoms with Gasteiger partial charge in [-0.2, -0.15) is 0 Å². The van der Waals surface area contributed by atoms with Crippen LogP contribution in [0.3, 0.4) is 0 Å². The highest BCUT2D eigenvalue weighted by Crippen LogP contribution is 2.13. The van der Waals surface area contributed by atoms with Gasteiger partial charge in [-0.25, -0.2) is 0 Å². The molecule has 1 unspecified atom stereocenters. The van der Waals surface area contributed by atoms with Crippen molar-refractivity contribution in [2.45, 2.75) is 52.4 Å². The standard InChI is InChI=1S/C25H43NO6/c1-4-12-24(28)31-19-10-7-8-13-23(5-2)14-9-11-20-32-25(29)15-16-26(6-3)17-21-30-22-18-27/h5,7,9-11,23,27H,2,4,6,8,12-22H2,1,3H3/b10-7+,11-9-. The minimum atomic E-state index is -0.213. The third-order valence-corrected chi connectivity index (χ3v) is 4.81. The summed E-state index contributed by atoms with van der Waals surface area (Å²) in [4.78, 5) is 25.3. The number of hydrogen-bond donors (Lipinski definition) is 1. The molecule has 7 heteroatoms. The number of aliphatic hydroxyl groups excluding tert-OH is 1. The molecule has 0 aliphatic carbocycles. The van der Waals surface area contributed by atoms with Gasteiger partial charge in [-0.15, -0.1) is 6.58 Å². The smallest absolute Gasteiger partial charge is 0.307 e. The Bertz CT molecular complexity index is 547. The van der Waals surface area contributed by atoms with Gasteiger partial charge in [-0.05, 0) is 38.1 Å². The Balaban J connectivity index is 3.89. The van der Waals surface area contributed by atoms with Crippen LogP contribution in [0, 0.1) is 5.92 Å². The van der Waals surface area contributed by atoms with E-state index in [2.05, 4.69) is 11.5 Å². The molecular weight excluding hydrogens is 410 g/mol. The summed E-state index contributed by atoms with van der Waals surface area (Å²) < 4.78 is 15.6. The van der Waals surface area contributed by atoms with Crippen molar-refractivity contribution in [3.05, 3.63) is 37.0 Å². The second-order valence-electron chi connectivity index (χ2n) is 7.39. The van der Waals surface area contributed by atoms with Gasteiger partial charge in [0.1, 0.15) is 13.2 Å². The number of allylic oxidation sites excluding steroid dienone is 3. The number of nitrogens with zero attached hydrogens (tertiary/aromatic N) is 1. The molecule has 0 aromatic carbocycles. The molecule has 1 atom stereocenters. The highest BCUT2D eigenvalue weighted by atomic mass is 16.5. The summed E-state index contributed by atoms with van der Waals surface area (Å²) in [5, 5.41) is 8.70. The van der Waals surface area contributed by atoms with E-state index >= 15 is 0 Å². The molecule has 0 fully saturated rings. The number of carbonyl (C=O) groups excluding carboxylic acids is 2. The Hall–Kier alpha value is -1.96. The Labute approximate surface area is 194 Å². The predicted octanol–water partition coefficient (Wildman–Crippen LogP) is 3.68. The molecule has 32 heavy (non-hydrogen) atoms. The predicted molar refractivity (Wildman–Crippen MR) is 127 cm³/mol. The largest absolute Gasteiger partial charge is 0.461 e. The lowest BCUT2D eigenvalue weighted by Gasteiger charge is -2.19. The highest BCUT2D eigenvalue weighted by molar-refractivity contribution is 5.69. The Morgan fingerprint density at radius 3 is 2.28 bits per heavy atom. The maximum Gasteiger partial charge on any atom is 0.307 e. The molecule has 0 bridgehead atoms. The Morgan fingerprint density at radius 2 is 1.66 bits per heavy atom. The number of esters is 2. The lowest BCUT2D eigenvalue weighted by atomic mass is 9.99. The summed E-state index contributed by atoms with van der Waals surface area (Å²) in [6, 6.07) is 0. The zero-order valence-electron chi connectivity index (χ0n) is 20.0. The van der Waals surface area contributed by atoms with Crippen LogP contribution in [0.15, 0.2) is 37.0 Å². The van der Waals surface area contributed by atoms with Crippen LogP contribution in [0.4, 0.5) is 0 Å². The first-order valence-corrected chi connectivity index (χ1v) is 11.7. The van der Waals surface area contributed by atoms with Crippen molar-refractivity contribution in [2.24, 2.45) is 5.92 Å². The maximum atomic E-state index is 11.9. The fourth-order valence-electron chi connectivity index (χ4n) is 2.84. The number of ether oxygens (including phenoxy) is 3. The van der Waals surface area contributed by atoms with Gasteiger partial charge in [0.2, 0.25) is 0 Å². The van der Waals surface area contributed by atoms with E-state index in [4.69, 9.17) is 19.3 Å². The average Bonchev–Trinajstić information content (AvgIpc) is 2.79. The molecule has 0 spiro atoms. The van der Waals surface area contributed by atoms with Crippen LogP contribution in [0.25, 0.3) is 0 Å². The van der Waals surface area contributed by atoms with Gasteiger partial charge in [0.15, 0.2) is 0 Å². The van der Waals surface area contributed by atoms with Gasteiger partial charge in [-0.3, -0.25) is 9.59 Å². The molecule has 0 radical (unpaired) electrons. The van der Waals surface area contributed by atoms with Crippen LogP contribution in [-0.2, 0) is 23.8 Å². The summed E-state index contributed by atoms with van der Waals surface area (Å²) in [7, 11) is 0. The van der Waals surface area contributed by atoms with E-state index in [0.717, 1.165) is 38.8 Å². The monoisotopic (exact) mass is 453 g/mol. The molecule has 0 rings (SSSR count). The van der Waals surface area contributed by atoms with E-state index in [1.807, 2.05) is 44.2 Å². The summed E-state index contributed by atoms with van der Waals surface area (Å²) in [6.45, 7) is 11.6. The third kappa shape index (κ3) is 18.8. The van der Waals surface area contributed by atoms with E-state index in [1.165, 1.54) is 0 Å². The number of hydrogen-bond acceptors (Lipinski definition) is 7. The van der Waals surface area contributed by atoms with Crippen molar-refractivity contribution in [1.29, 1.82) is 0 Å². The molecule has 0 saturated carbocycles. The zero-order chi connectivity index (χ0) is 23.9. The van der Waals surface area contributed by atoms with Gasteiger partial charge >= 0.3 is 11.9 Å². The zero-order valence-corrected chi connectivity index (χ0v) is 20.0. The lowest BCUT2D eigenvalue weighted by molar-refractivity contribution is -0.143. The molecule has 0 aliphatic heterocycles. The summed E-state index contributed by atoms with van der Waals surface area (Å²) in [6.07, 6.45) is 14.0. The van der Waals surface area contributed by atoms with Crippen molar-refractivity contribution in [2.75, 3.05) is 52.7 Å². The van der Waals surface area contributed by atoms with Gasteiger partial charge in [0.05, 0.1) is 26.2 Å². The van der Waals surface area contributed by atoms with Crippen LogP contribution in [0.2, 0.25) is 0 Å². The average molecular weight is 454 g/mol. The maximum absolute atomic E-state index is 11.9. The topological polar surface area (TPSA) is 85.3 Å². The van der Waals surface area contributed by atoms with Crippen LogP contribution < -0.4 is 0 Å². The first-order valence-electron chi connectivity index (χ1n) is 11.7. The second kappa shape index (κ2) is 22.2. The summed E-state index contributed by atoms with van der Waals surface area (Å²) in [5.74, 6) is -0.0201. The molecule has 184 valence electrons. The fraction of sp³-hybridized carbons (Fsp3) is 0.680. The number of likely N-dealkylation sites (N-methyl/N-ethyl adjacent to an activating group) is 1. The normalized spacial score (nSPS) is 12.5. The van der Waals surface area contributed by atoms with Crippen molar-refractivity contribution >= 4 is 11.9 Å². The Morgan fingerprint density at radius 1 is 0.969 bits per heavy atom. The van der Waals surface area contributed by atoms with Gasteiger partial charge in [0.25, 0.3) is 0 Å². The first kappa shape index (κ1) is 30.0. The fourth-order valence-corrected chi connectivity index (χ4v) is 2.84. The minimum absolute atomic E-state index is 0.0222. The van der Waals surface area contributed by atoms with Crippen molar-refractivity contribution in [3.8, 4) is 0 Å². The van der Waals surface area contributed by atoms with Crippen LogP contribution in [-0.4, -0.2) is 74.6 Å². The van der Waals surface area contributed by atoms with E-state index in [1.54, 1.807) is 0 Å². The second-order valence-corrected chi connectivity index (χ2v) is 7.39. The number of aliphatic hydroxyl groups is 1. The van der Waals surface area contributed by atoms with Crippen molar-refractivity contribution in [1.82, 2.24) is 4.90 Å². The van der Waals surface area contributed by atoms with Gasteiger partial charge in [-0.1, -0.05) is 44.2 Å². The molecule has 0 aromatic rings. The van der Waals surface area contributed by atoms with Crippen molar-refractivity contribution in [3.63, 3.8) is 0 Å². The number of rotatable bonds is 21. The van der Waals surface area contributed by atoms with Crippen LogP contribution >= 0.6 is 0 Å². The van der Waals surface area contributed by atoms with Crippen molar-refractivity contribution < 1.29 is 28.9 Å². The van der Waals surface area contributed by atoms with E-state index in [0.29, 0.717) is 45.1 Å². The van der Waals surface area contributed by atoms with Crippen LogP contribution in [0.5, 0.6) is 0 Å². The molecule has 0 amide bonds. The first-order chi connectivity index (χ1) is 15.6. The summed E-state index contributed by atoms with van der Waals surface area (Å²) in [5.41, 5.74) is 0. The quantitative estimate of drug-likeness (QED) is 0.161. The lowest BCUT2D eigenvalue weighted by Crippen LogP contribution is -2.30. The molecule has 0 heterocycles. The van der Waals surface area contributed by atoms with E-state index < -0.39 is 0 Å². The molecule has 0 saturated heterocycles. The molecule has 0 aliphatic rings. The SMILES string of the molecule is C=CC(C/C=C\COC(=O)CCN(CC)CCOCCO)CC/C=C/COC(=O)CCC. The third-order valence-electron chi connectivity index (χ3n) is 4.81. The molecule has 0 aromatic heterocycles. The Kier molecular flexibility index (Phi) is 20.9. The number of carbonyl (C=O) groups is 2. The van der Waals surface area contributed by atoms with E-state index in [-0.39, 0.29) is 25.2 Å². The summed E-state index contributed by atoms with van der Waals surface area (Å²) >= 11 is 0. The van der Waals surface area contributed by atoms with Gasteiger partial charge < -0.3 is 24.2 Å². The molecular formula is C25H43NO6. The molecule has 7 nitrogen and oxygen atoms in total. The van der Waals surface area contributed by atoms with Gasteiger partial charge in [0, 0.05) is 19.5 Å². The minimum Gasteiger partial charge on any atom is -0.461 e.